The Morgan fingerprint density at radius 3 is 1.83 bits per heavy atom. The van der Waals surface area contributed by atoms with Gasteiger partial charge in [-0.3, -0.25) is 4.57 Å². The van der Waals surface area contributed by atoms with E-state index in [1.165, 1.54) is 72.0 Å². The van der Waals surface area contributed by atoms with Gasteiger partial charge in [-0.2, -0.15) is 0 Å². The molecule has 2 nitrogen and oxygen atoms in total. The lowest BCUT2D eigenvalue weighted by Crippen LogP contribution is -1.99. The maximum absolute atomic E-state index is 5.18. The molecule has 0 saturated heterocycles. The molecule has 0 N–H and O–H groups in total. The Balaban J connectivity index is 1.19. The van der Waals surface area contributed by atoms with Gasteiger partial charge in [0.15, 0.2) is 0 Å². The third kappa shape index (κ3) is 5.15. The van der Waals surface area contributed by atoms with Gasteiger partial charge in [0.05, 0.1) is 11.0 Å². The van der Waals surface area contributed by atoms with Gasteiger partial charge in [0.25, 0.3) is 0 Å². The SMILES string of the molecule is C=C/C=C\C1=C2CC(c3cccc(-c4nc5ccccc5n4-c4ccccc4)c3)=CC=C2c2c1c(-c1ccccc1)c1ccccc1c2-c1ccccc1. The van der Waals surface area contributed by atoms with Crippen LogP contribution in [0.1, 0.15) is 23.1 Å². The highest BCUT2D eigenvalue weighted by atomic mass is 15.1. The molecule has 1 heterocycles. The van der Waals surface area contributed by atoms with Crippen LogP contribution in [-0.2, 0) is 0 Å². The van der Waals surface area contributed by atoms with Crippen LogP contribution in [0, 0.1) is 0 Å². The molecule has 0 spiro atoms. The molecule has 0 amide bonds. The van der Waals surface area contributed by atoms with Crippen molar-refractivity contribution in [1.29, 1.82) is 0 Å². The average Bonchev–Trinajstić information content (AvgIpc) is 3.79. The van der Waals surface area contributed by atoms with Gasteiger partial charge in [0.1, 0.15) is 5.82 Å². The van der Waals surface area contributed by atoms with Crippen molar-refractivity contribution < 1.29 is 0 Å². The lowest BCUT2D eigenvalue weighted by Gasteiger charge is -2.21. The first-order valence-corrected chi connectivity index (χ1v) is 18.6. The van der Waals surface area contributed by atoms with Crippen LogP contribution in [0.4, 0.5) is 0 Å². The summed E-state index contributed by atoms with van der Waals surface area (Å²) in [6.07, 6.45) is 11.8. The van der Waals surface area contributed by atoms with Crippen molar-refractivity contribution >= 4 is 38.5 Å². The van der Waals surface area contributed by atoms with E-state index in [0.29, 0.717) is 0 Å². The summed E-state index contributed by atoms with van der Waals surface area (Å²) in [4.78, 5) is 5.18. The fourth-order valence-electron chi connectivity index (χ4n) is 8.50. The molecular weight excluding hydrogens is 653 g/mol. The van der Waals surface area contributed by atoms with E-state index in [0.717, 1.165) is 34.5 Å². The number of para-hydroxylation sites is 3. The standard InChI is InChI=1S/C52H36N2/c1-2-3-26-43-45-34-38(37-22-17-23-39(33-37)52-53-46-29-15-16-30-47(46)54(52)40-24-11-6-12-25-40)31-32-44(45)51-49(36-20-9-5-10-21-36)42-28-14-13-27-41(42)48(50(43)51)35-18-7-4-8-19-35/h2-33H,1,34H2/b26-3-. The Morgan fingerprint density at radius 2 is 1.13 bits per heavy atom. The highest BCUT2D eigenvalue weighted by Gasteiger charge is 2.34. The van der Waals surface area contributed by atoms with Crippen molar-refractivity contribution in [3.63, 3.8) is 0 Å². The lowest BCUT2D eigenvalue weighted by molar-refractivity contribution is 1.10. The van der Waals surface area contributed by atoms with Crippen LogP contribution in [0.5, 0.6) is 0 Å². The molecule has 0 saturated carbocycles. The molecule has 2 heteroatoms. The maximum Gasteiger partial charge on any atom is 0.145 e. The zero-order valence-electron chi connectivity index (χ0n) is 29.8. The molecule has 7 aromatic carbocycles. The van der Waals surface area contributed by atoms with Gasteiger partial charge in [-0.15, -0.1) is 0 Å². The molecule has 10 rings (SSSR count). The molecule has 8 aromatic rings. The zero-order valence-corrected chi connectivity index (χ0v) is 29.8. The summed E-state index contributed by atoms with van der Waals surface area (Å²) in [5, 5.41) is 2.52. The van der Waals surface area contributed by atoms with Crippen LogP contribution in [0.3, 0.4) is 0 Å². The first kappa shape index (κ1) is 31.7. The molecule has 0 aliphatic heterocycles. The van der Waals surface area contributed by atoms with E-state index in [2.05, 4.69) is 199 Å². The van der Waals surface area contributed by atoms with Gasteiger partial charge < -0.3 is 0 Å². The van der Waals surface area contributed by atoms with Gasteiger partial charge in [-0.25, -0.2) is 4.98 Å². The fourth-order valence-corrected chi connectivity index (χ4v) is 8.50. The number of imidazole rings is 1. The predicted octanol–water partition coefficient (Wildman–Crippen LogP) is 13.6. The van der Waals surface area contributed by atoms with Crippen molar-refractivity contribution in [3.05, 3.63) is 223 Å². The Morgan fingerprint density at radius 1 is 0.537 bits per heavy atom. The average molecular weight is 689 g/mol. The molecule has 0 fully saturated rings. The molecule has 254 valence electrons. The third-order valence-corrected chi connectivity index (χ3v) is 10.8. The summed E-state index contributed by atoms with van der Waals surface area (Å²) in [7, 11) is 0. The highest BCUT2D eigenvalue weighted by Crippen LogP contribution is 2.56. The predicted molar refractivity (Wildman–Crippen MR) is 228 cm³/mol. The van der Waals surface area contributed by atoms with Gasteiger partial charge in [-0.05, 0) is 109 Å². The molecule has 0 unspecified atom stereocenters. The molecular formula is C52H36N2. The van der Waals surface area contributed by atoms with Crippen LogP contribution < -0.4 is 0 Å². The van der Waals surface area contributed by atoms with E-state index in [1.54, 1.807) is 0 Å². The minimum absolute atomic E-state index is 0.800. The van der Waals surface area contributed by atoms with E-state index in [-0.39, 0.29) is 0 Å². The summed E-state index contributed by atoms with van der Waals surface area (Å²) in [5.74, 6) is 0.936. The first-order valence-electron chi connectivity index (χ1n) is 18.6. The molecule has 2 aliphatic carbocycles. The number of allylic oxidation sites excluding steroid dienone is 9. The van der Waals surface area contributed by atoms with Crippen LogP contribution in [0.25, 0.3) is 77.9 Å². The number of hydrogen-bond acceptors (Lipinski definition) is 1. The van der Waals surface area contributed by atoms with Gasteiger partial charge >= 0.3 is 0 Å². The van der Waals surface area contributed by atoms with E-state index in [4.69, 9.17) is 4.98 Å². The Bertz CT molecular complexity index is 2880. The highest BCUT2D eigenvalue weighted by molar-refractivity contribution is 6.21. The Hall–Kier alpha value is -7.03. The van der Waals surface area contributed by atoms with Crippen LogP contribution in [0.2, 0.25) is 0 Å². The largest absolute Gasteiger partial charge is 0.292 e. The van der Waals surface area contributed by atoms with Crippen LogP contribution in [-0.4, -0.2) is 9.55 Å². The Kier molecular flexibility index (Phi) is 7.74. The normalized spacial score (nSPS) is 13.6. The molecule has 0 radical (unpaired) electrons. The van der Waals surface area contributed by atoms with Crippen LogP contribution >= 0.6 is 0 Å². The molecule has 2 aliphatic rings. The van der Waals surface area contributed by atoms with Crippen LogP contribution in [0.15, 0.2) is 206 Å². The first-order chi connectivity index (χ1) is 26.8. The van der Waals surface area contributed by atoms with E-state index < -0.39 is 0 Å². The number of benzene rings is 7. The number of rotatable bonds is 7. The summed E-state index contributed by atoms with van der Waals surface area (Å²) in [6, 6.07) is 58.5. The monoisotopic (exact) mass is 688 g/mol. The fraction of sp³-hybridized carbons (Fsp3) is 0.0192. The molecule has 0 bridgehead atoms. The van der Waals surface area contributed by atoms with Crippen molar-refractivity contribution in [2.45, 2.75) is 6.42 Å². The smallest absolute Gasteiger partial charge is 0.145 e. The maximum atomic E-state index is 5.18. The van der Waals surface area contributed by atoms with Crippen molar-refractivity contribution in [3.8, 4) is 39.3 Å². The van der Waals surface area contributed by atoms with E-state index >= 15 is 0 Å². The summed E-state index contributed by atoms with van der Waals surface area (Å²) in [6.45, 7) is 4.08. The minimum atomic E-state index is 0.800. The van der Waals surface area contributed by atoms with Crippen molar-refractivity contribution in [1.82, 2.24) is 9.55 Å². The van der Waals surface area contributed by atoms with Gasteiger partial charge in [0, 0.05) is 11.3 Å². The molecule has 1 aromatic heterocycles. The third-order valence-electron chi connectivity index (χ3n) is 10.8. The lowest BCUT2D eigenvalue weighted by atomic mass is 9.81. The quantitative estimate of drug-likeness (QED) is 0.152. The zero-order chi connectivity index (χ0) is 36.0. The summed E-state index contributed by atoms with van der Waals surface area (Å²) >= 11 is 0. The van der Waals surface area contributed by atoms with Gasteiger partial charge in [0.2, 0.25) is 0 Å². The van der Waals surface area contributed by atoms with Crippen molar-refractivity contribution in [2.24, 2.45) is 0 Å². The molecule has 54 heavy (non-hydrogen) atoms. The second-order valence-electron chi connectivity index (χ2n) is 13.9. The van der Waals surface area contributed by atoms with Crippen molar-refractivity contribution in [2.75, 3.05) is 0 Å². The number of hydrogen-bond donors (Lipinski definition) is 0. The summed E-state index contributed by atoms with van der Waals surface area (Å²) in [5.41, 5.74) is 18.2. The second kappa shape index (κ2) is 13.2. The van der Waals surface area contributed by atoms with Gasteiger partial charge in [-0.1, -0.05) is 170 Å². The number of aromatic nitrogens is 2. The van der Waals surface area contributed by atoms with E-state index in [9.17, 15) is 0 Å². The Labute approximate surface area is 315 Å². The topological polar surface area (TPSA) is 17.8 Å². The minimum Gasteiger partial charge on any atom is -0.292 e. The number of nitrogens with zero attached hydrogens (tertiary/aromatic N) is 2. The second-order valence-corrected chi connectivity index (χ2v) is 13.9. The molecule has 0 atom stereocenters. The number of fused-ring (bicyclic) bond motifs is 5. The summed E-state index contributed by atoms with van der Waals surface area (Å²) < 4.78 is 2.27. The van der Waals surface area contributed by atoms with E-state index in [1.807, 2.05) is 6.08 Å².